The molecule has 8 nitrogen and oxygen atoms in total. The molecule has 194 valence electrons. The Morgan fingerprint density at radius 3 is 2.69 bits per heavy atom. The molecule has 3 aliphatic heterocycles. The number of alkyl halides is 4. The van der Waals surface area contributed by atoms with Gasteiger partial charge in [-0.25, -0.2) is 8.78 Å². The average Bonchev–Trinajstić information content (AvgIpc) is 3.47. The van der Waals surface area contributed by atoms with Crippen LogP contribution in [0.15, 0.2) is 29.1 Å². The Morgan fingerprint density at radius 2 is 2.06 bits per heavy atom. The number of nitrogens with zero attached hydrogens (tertiary/aromatic N) is 4. The second-order valence-corrected chi connectivity index (χ2v) is 8.98. The summed E-state index contributed by atoms with van der Waals surface area (Å²) in [6, 6.07) is 2.37. The van der Waals surface area contributed by atoms with Gasteiger partial charge in [0.2, 0.25) is 5.95 Å². The number of benzene rings is 1. The van der Waals surface area contributed by atoms with E-state index in [1.165, 1.54) is 12.1 Å². The van der Waals surface area contributed by atoms with Gasteiger partial charge in [-0.3, -0.25) is 14.2 Å². The Morgan fingerprint density at radius 1 is 1.25 bits per heavy atom. The molecular formula is C23H23F5N4O4. The number of halogens is 5. The smallest absolute Gasteiger partial charge is 0.408 e. The summed E-state index contributed by atoms with van der Waals surface area (Å²) in [7, 11) is 0. The van der Waals surface area contributed by atoms with Crippen LogP contribution in [-0.2, 0) is 11.3 Å². The van der Waals surface area contributed by atoms with E-state index in [1.807, 2.05) is 4.90 Å². The van der Waals surface area contributed by atoms with Crippen molar-refractivity contribution >= 4 is 17.5 Å². The van der Waals surface area contributed by atoms with E-state index in [0.29, 0.717) is 13.2 Å². The van der Waals surface area contributed by atoms with E-state index >= 15 is 0 Å². The Balaban J connectivity index is 1.48. The minimum atomic E-state index is -4.70. The Labute approximate surface area is 202 Å². The first kappa shape index (κ1) is 24.5. The standard InChI is InChI=1S/C23H23F5N4O4/c24-4-6-35-18-2-1-13(7-16(18)25)17(33)11-32-19(23(26,27)28)3-5-30-21(34)9-20(29-22(30)32)31-10-15-8-14(31)12-36-15/h1-2,7,9,14-15,19H,3-6,8,10-12H2/t14?,15?,19-/m0/s1. The van der Waals surface area contributed by atoms with Gasteiger partial charge in [0.15, 0.2) is 17.3 Å². The van der Waals surface area contributed by atoms with E-state index in [0.717, 1.165) is 28.0 Å². The van der Waals surface area contributed by atoms with Gasteiger partial charge in [0.25, 0.3) is 5.56 Å². The molecule has 0 aliphatic carbocycles. The molecule has 0 radical (unpaired) electrons. The van der Waals surface area contributed by atoms with Gasteiger partial charge in [-0.1, -0.05) is 0 Å². The summed E-state index contributed by atoms with van der Waals surface area (Å²) in [5.74, 6) is -2.04. The zero-order valence-electron chi connectivity index (χ0n) is 19.0. The molecular weight excluding hydrogens is 491 g/mol. The third kappa shape index (κ3) is 4.51. The van der Waals surface area contributed by atoms with E-state index in [2.05, 4.69) is 4.98 Å². The minimum Gasteiger partial charge on any atom is -0.488 e. The van der Waals surface area contributed by atoms with Crippen molar-refractivity contribution in [1.29, 1.82) is 0 Å². The van der Waals surface area contributed by atoms with Crippen LogP contribution in [0.1, 0.15) is 23.2 Å². The number of rotatable bonds is 7. The van der Waals surface area contributed by atoms with Crippen LogP contribution in [0.5, 0.6) is 5.75 Å². The van der Waals surface area contributed by atoms with Crippen molar-refractivity contribution < 1.29 is 36.2 Å². The lowest BCUT2D eigenvalue weighted by atomic mass is 10.1. The van der Waals surface area contributed by atoms with Gasteiger partial charge in [-0.2, -0.15) is 18.2 Å². The fraction of sp³-hybridized carbons (Fsp3) is 0.522. The van der Waals surface area contributed by atoms with Crippen LogP contribution >= 0.6 is 0 Å². The van der Waals surface area contributed by atoms with Gasteiger partial charge >= 0.3 is 6.18 Å². The van der Waals surface area contributed by atoms with Crippen LogP contribution in [0.2, 0.25) is 0 Å². The summed E-state index contributed by atoms with van der Waals surface area (Å²) in [6.45, 7) is -1.30. The van der Waals surface area contributed by atoms with E-state index in [-0.39, 0.29) is 48.4 Å². The number of morpholine rings is 1. The highest BCUT2D eigenvalue weighted by atomic mass is 19.4. The summed E-state index contributed by atoms with van der Waals surface area (Å²) >= 11 is 0. The van der Waals surface area contributed by atoms with Gasteiger partial charge in [-0.05, 0) is 31.0 Å². The number of Topliss-reactive ketones (excluding diaryl/α,β-unsaturated/α-hetero) is 1. The fourth-order valence-electron chi connectivity index (χ4n) is 4.99. The monoisotopic (exact) mass is 514 g/mol. The maximum Gasteiger partial charge on any atom is 0.408 e. The largest absolute Gasteiger partial charge is 0.488 e. The molecule has 3 atom stereocenters. The van der Waals surface area contributed by atoms with Crippen LogP contribution in [-0.4, -0.2) is 72.7 Å². The Bertz CT molecular complexity index is 1220. The summed E-state index contributed by atoms with van der Waals surface area (Å²) in [6.07, 6.45) is -4.43. The highest BCUT2D eigenvalue weighted by Crippen LogP contribution is 2.36. The van der Waals surface area contributed by atoms with Gasteiger partial charge in [0.05, 0.1) is 25.3 Å². The van der Waals surface area contributed by atoms with E-state index in [9.17, 15) is 31.5 Å². The highest BCUT2D eigenvalue weighted by Gasteiger charge is 2.48. The first-order chi connectivity index (χ1) is 17.2. The predicted octanol–water partition coefficient (Wildman–Crippen LogP) is 2.73. The molecule has 2 fully saturated rings. The van der Waals surface area contributed by atoms with Gasteiger partial charge in [0.1, 0.15) is 25.1 Å². The lowest BCUT2D eigenvalue weighted by Gasteiger charge is -2.39. The number of carbonyl (C=O) groups excluding carboxylic acids is 1. The Hall–Kier alpha value is -3.22. The predicted molar refractivity (Wildman–Crippen MR) is 118 cm³/mol. The van der Waals surface area contributed by atoms with Crippen LogP contribution in [0.25, 0.3) is 0 Å². The molecule has 0 amide bonds. The number of ether oxygens (including phenoxy) is 2. The molecule has 5 rings (SSSR count). The zero-order valence-corrected chi connectivity index (χ0v) is 19.0. The number of hydrogen-bond acceptors (Lipinski definition) is 7. The molecule has 1 aromatic heterocycles. The minimum absolute atomic E-state index is 0.0249. The first-order valence-electron chi connectivity index (χ1n) is 11.5. The quantitative estimate of drug-likeness (QED) is 0.416. The third-order valence-electron chi connectivity index (χ3n) is 6.71. The number of ketones is 1. The number of aromatic nitrogens is 2. The topological polar surface area (TPSA) is 76.9 Å². The zero-order chi connectivity index (χ0) is 25.6. The molecule has 1 aromatic carbocycles. The number of carbonyl (C=O) groups is 1. The van der Waals surface area contributed by atoms with Crippen molar-refractivity contribution in [3.05, 3.63) is 46.0 Å². The second-order valence-electron chi connectivity index (χ2n) is 8.98. The van der Waals surface area contributed by atoms with Crippen molar-refractivity contribution in [1.82, 2.24) is 9.55 Å². The molecule has 0 saturated carbocycles. The van der Waals surface area contributed by atoms with Gasteiger partial charge in [-0.15, -0.1) is 0 Å². The molecule has 3 aliphatic rings. The molecule has 36 heavy (non-hydrogen) atoms. The van der Waals surface area contributed by atoms with E-state index < -0.39 is 49.0 Å². The number of hydrogen-bond donors (Lipinski definition) is 0. The molecule has 4 heterocycles. The second kappa shape index (κ2) is 9.34. The van der Waals surface area contributed by atoms with Crippen molar-refractivity contribution in [2.75, 3.05) is 42.8 Å². The van der Waals surface area contributed by atoms with Crippen LogP contribution < -0.4 is 20.1 Å². The molecule has 0 N–H and O–H groups in total. The van der Waals surface area contributed by atoms with Crippen LogP contribution in [0.4, 0.5) is 33.7 Å². The van der Waals surface area contributed by atoms with Crippen LogP contribution in [0, 0.1) is 5.82 Å². The Kier molecular flexibility index (Phi) is 6.35. The summed E-state index contributed by atoms with van der Waals surface area (Å²) in [5, 5.41) is 0. The summed E-state index contributed by atoms with van der Waals surface area (Å²) < 4.78 is 80.2. The average molecular weight is 514 g/mol. The number of anilines is 2. The molecule has 13 heteroatoms. The van der Waals surface area contributed by atoms with Crippen molar-refractivity contribution in [2.24, 2.45) is 0 Å². The van der Waals surface area contributed by atoms with Gasteiger partial charge in [0, 0.05) is 24.7 Å². The lowest BCUT2D eigenvalue weighted by molar-refractivity contribution is -0.152. The maximum atomic E-state index is 14.3. The fourth-order valence-corrected chi connectivity index (χ4v) is 4.99. The van der Waals surface area contributed by atoms with Crippen LogP contribution in [0.3, 0.4) is 0 Å². The van der Waals surface area contributed by atoms with Crippen molar-refractivity contribution in [3.63, 3.8) is 0 Å². The van der Waals surface area contributed by atoms with Crippen molar-refractivity contribution in [3.8, 4) is 5.75 Å². The molecule has 2 aromatic rings. The molecule has 2 saturated heterocycles. The maximum absolute atomic E-state index is 14.3. The normalized spacial score (nSPS) is 23.2. The highest BCUT2D eigenvalue weighted by molar-refractivity contribution is 5.99. The number of fused-ring (bicyclic) bond motifs is 3. The first-order valence-corrected chi connectivity index (χ1v) is 11.5. The summed E-state index contributed by atoms with van der Waals surface area (Å²) in [4.78, 5) is 32.9. The van der Waals surface area contributed by atoms with E-state index in [1.54, 1.807) is 0 Å². The van der Waals surface area contributed by atoms with Gasteiger partial charge < -0.3 is 19.3 Å². The summed E-state index contributed by atoms with van der Waals surface area (Å²) in [5.41, 5.74) is -0.706. The van der Waals surface area contributed by atoms with Crippen molar-refractivity contribution in [2.45, 2.75) is 43.8 Å². The molecule has 2 unspecified atom stereocenters. The molecule has 0 spiro atoms. The molecule has 2 bridgehead atoms. The van der Waals surface area contributed by atoms with E-state index in [4.69, 9.17) is 9.47 Å². The third-order valence-corrected chi connectivity index (χ3v) is 6.71. The SMILES string of the molecule is O=C(CN1c2nc(N3CC4CC3CO4)cc(=O)n2CC[C@H]1C(F)(F)F)c1ccc(OCCF)c(F)c1. The lowest BCUT2D eigenvalue weighted by Crippen LogP contribution is -2.54.